The number of thiophene rings is 1. The zero-order valence-electron chi connectivity index (χ0n) is 12.6. The number of hydrogen-bond acceptors (Lipinski definition) is 4. The normalized spacial score (nSPS) is 11.6. The molecule has 2 N–H and O–H groups in total. The molecule has 4 heteroatoms. The largest absolute Gasteiger partial charge is 0.465 e. The molecule has 1 rings (SSSR count). The summed E-state index contributed by atoms with van der Waals surface area (Å²) in [6.45, 7) is 8.63. The highest BCUT2D eigenvalue weighted by atomic mass is 32.1. The third-order valence-electron chi connectivity index (χ3n) is 3.72. The number of nitrogen functional groups attached to an aromatic ring is 1. The van der Waals surface area contributed by atoms with Crippen LogP contribution in [0, 0.1) is 0 Å². The van der Waals surface area contributed by atoms with Gasteiger partial charge in [0, 0.05) is 4.88 Å². The maximum atomic E-state index is 12.0. The second kappa shape index (κ2) is 6.42. The van der Waals surface area contributed by atoms with Crippen LogP contribution in [0.1, 0.15) is 67.8 Å². The number of carbonyl (C=O) groups excluding carboxylic acids is 1. The molecule has 1 aromatic heterocycles. The van der Waals surface area contributed by atoms with Gasteiger partial charge in [-0.3, -0.25) is 0 Å². The lowest BCUT2D eigenvalue weighted by atomic mass is 9.79. The van der Waals surface area contributed by atoms with Crippen LogP contribution in [-0.2, 0) is 16.6 Å². The quantitative estimate of drug-likeness (QED) is 0.798. The molecule has 1 heterocycles. The Balaban J connectivity index is 3.37. The zero-order chi connectivity index (χ0) is 14.6. The molecule has 0 aliphatic rings. The molecule has 0 atom stereocenters. The fourth-order valence-corrected chi connectivity index (χ4v) is 3.49. The van der Waals surface area contributed by atoms with Crippen LogP contribution >= 0.6 is 11.3 Å². The lowest BCUT2D eigenvalue weighted by Gasteiger charge is -2.25. The number of esters is 1. The minimum atomic E-state index is -0.312. The molecule has 3 nitrogen and oxygen atoms in total. The first-order valence-corrected chi connectivity index (χ1v) is 7.70. The van der Waals surface area contributed by atoms with Crippen molar-refractivity contribution in [3.63, 3.8) is 0 Å². The van der Waals surface area contributed by atoms with Crippen LogP contribution in [0.5, 0.6) is 0 Å². The summed E-state index contributed by atoms with van der Waals surface area (Å²) >= 11 is 1.54. The van der Waals surface area contributed by atoms with Gasteiger partial charge in [-0.2, -0.15) is 0 Å². The Hall–Kier alpha value is -1.03. The average molecular weight is 283 g/mol. The standard InChI is InChI=1S/C15H25NO2S/c1-6-8-9-10-12(15(3,4)7-2)11(13(16)19-10)14(17)18-5/h6-9,16H2,1-5H3. The number of anilines is 1. The summed E-state index contributed by atoms with van der Waals surface area (Å²) in [5.41, 5.74) is 7.69. The SMILES string of the molecule is CCCCc1sc(N)c(C(=O)OC)c1C(C)(C)CC. The Morgan fingerprint density at radius 2 is 2.00 bits per heavy atom. The molecule has 108 valence electrons. The summed E-state index contributed by atoms with van der Waals surface area (Å²) in [5, 5.41) is 0.592. The Labute approximate surface area is 120 Å². The monoisotopic (exact) mass is 283 g/mol. The van der Waals surface area contributed by atoms with Gasteiger partial charge in [-0.25, -0.2) is 4.79 Å². The van der Waals surface area contributed by atoms with E-state index >= 15 is 0 Å². The molecule has 0 saturated heterocycles. The number of rotatable bonds is 6. The van der Waals surface area contributed by atoms with Gasteiger partial charge < -0.3 is 10.5 Å². The second-order valence-corrected chi connectivity index (χ2v) is 6.61. The fraction of sp³-hybridized carbons (Fsp3) is 0.667. The summed E-state index contributed by atoms with van der Waals surface area (Å²) in [6, 6.07) is 0. The van der Waals surface area contributed by atoms with Crippen molar-refractivity contribution in [3.05, 3.63) is 16.0 Å². The smallest absolute Gasteiger partial charge is 0.341 e. The minimum absolute atomic E-state index is 0.0548. The highest BCUT2D eigenvalue weighted by Gasteiger charge is 2.32. The van der Waals surface area contributed by atoms with E-state index in [4.69, 9.17) is 10.5 Å². The first-order chi connectivity index (χ1) is 8.88. The first-order valence-electron chi connectivity index (χ1n) is 6.88. The summed E-state index contributed by atoms with van der Waals surface area (Å²) in [6.07, 6.45) is 4.21. The van der Waals surface area contributed by atoms with Crippen LogP contribution in [-0.4, -0.2) is 13.1 Å². The highest BCUT2D eigenvalue weighted by molar-refractivity contribution is 7.16. The van der Waals surface area contributed by atoms with Crippen molar-refractivity contribution in [2.75, 3.05) is 12.8 Å². The zero-order valence-corrected chi connectivity index (χ0v) is 13.4. The van der Waals surface area contributed by atoms with Crippen molar-refractivity contribution in [1.82, 2.24) is 0 Å². The van der Waals surface area contributed by atoms with Gasteiger partial charge in [-0.15, -0.1) is 11.3 Å². The van der Waals surface area contributed by atoms with Crippen LogP contribution in [0.4, 0.5) is 5.00 Å². The Bertz CT molecular complexity index is 449. The Kier molecular flexibility index (Phi) is 5.41. The molecule has 0 saturated carbocycles. The maximum absolute atomic E-state index is 12.0. The third kappa shape index (κ3) is 3.30. The van der Waals surface area contributed by atoms with Crippen molar-refractivity contribution < 1.29 is 9.53 Å². The molecule has 1 aromatic rings. The predicted molar refractivity (Wildman–Crippen MR) is 82.0 cm³/mol. The van der Waals surface area contributed by atoms with Crippen molar-refractivity contribution in [1.29, 1.82) is 0 Å². The van der Waals surface area contributed by atoms with E-state index in [9.17, 15) is 4.79 Å². The Morgan fingerprint density at radius 1 is 1.37 bits per heavy atom. The molecule has 0 radical (unpaired) electrons. The van der Waals surface area contributed by atoms with Crippen molar-refractivity contribution in [2.24, 2.45) is 0 Å². The van der Waals surface area contributed by atoms with E-state index in [1.807, 2.05) is 0 Å². The van der Waals surface area contributed by atoms with E-state index < -0.39 is 0 Å². The molecule has 0 bridgehead atoms. The molecule has 0 fully saturated rings. The molecule has 0 aromatic carbocycles. The number of aryl methyl sites for hydroxylation is 1. The van der Waals surface area contributed by atoms with E-state index in [1.54, 1.807) is 11.3 Å². The number of unbranched alkanes of at least 4 members (excludes halogenated alkanes) is 1. The molecule has 0 amide bonds. The van der Waals surface area contributed by atoms with Crippen LogP contribution in [0.2, 0.25) is 0 Å². The van der Waals surface area contributed by atoms with Gasteiger partial charge in [-0.05, 0) is 30.2 Å². The van der Waals surface area contributed by atoms with E-state index in [-0.39, 0.29) is 11.4 Å². The number of ether oxygens (including phenoxy) is 1. The van der Waals surface area contributed by atoms with Gasteiger partial charge in [0.25, 0.3) is 0 Å². The number of nitrogens with two attached hydrogens (primary N) is 1. The van der Waals surface area contributed by atoms with Crippen molar-refractivity contribution in [3.8, 4) is 0 Å². The van der Waals surface area contributed by atoms with E-state index in [2.05, 4.69) is 27.7 Å². The van der Waals surface area contributed by atoms with Gasteiger partial charge in [0.15, 0.2) is 0 Å². The lowest BCUT2D eigenvalue weighted by Crippen LogP contribution is -2.21. The van der Waals surface area contributed by atoms with Gasteiger partial charge in [-0.1, -0.05) is 34.1 Å². The summed E-state index contributed by atoms with van der Waals surface area (Å²) in [4.78, 5) is 13.3. The Morgan fingerprint density at radius 3 is 2.47 bits per heavy atom. The third-order valence-corrected chi connectivity index (χ3v) is 4.79. The molecule has 0 spiro atoms. The van der Waals surface area contributed by atoms with E-state index in [0.29, 0.717) is 10.6 Å². The highest BCUT2D eigenvalue weighted by Crippen LogP contribution is 2.41. The first kappa shape index (κ1) is 16.0. The van der Waals surface area contributed by atoms with Crippen LogP contribution in [0.15, 0.2) is 0 Å². The fourth-order valence-electron chi connectivity index (χ4n) is 2.21. The number of methoxy groups -OCH3 is 1. The minimum Gasteiger partial charge on any atom is -0.465 e. The van der Waals surface area contributed by atoms with Gasteiger partial charge in [0.1, 0.15) is 5.00 Å². The molecule has 19 heavy (non-hydrogen) atoms. The average Bonchev–Trinajstić information content (AvgIpc) is 2.72. The van der Waals surface area contributed by atoms with Crippen LogP contribution in [0.3, 0.4) is 0 Å². The van der Waals surface area contributed by atoms with Gasteiger partial charge in [0.2, 0.25) is 0 Å². The topological polar surface area (TPSA) is 52.3 Å². The summed E-state index contributed by atoms with van der Waals surface area (Å²) in [7, 11) is 1.41. The molecule has 0 aliphatic heterocycles. The van der Waals surface area contributed by atoms with E-state index in [1.165, 1.54) is 12.0 Å². The molecular weight excluding hydrogens is 258 g/mol. The molecule has 0 unspecified atom stereocenters. The number of hydrogen-bond donors (Lipinski definition) is 1. The van der Waals surface area contributed by atoms with Crippen LogP contribution in [0.25, 0.3) is 0 Å². The van der Waals surface area contributed by atoms with Gasteiger partial charge in [0.05, 0.1) is 12.7 Å². The predicted octanol–water partition coefficient (Wildman–Crippen LogP) is 4.15. The lowest BCUT2D eigenvalue weighted by molar-refractivity contribution is 0.0599. The number of carbonyl (C=O) groups is 1. The van der Waals surface area contributed by atoms with Crippen molar-refractivity contribution >= 4 is 22.3 Å². The van der Waals surface area contributed by atoms with E-state index in [0.717, 1.165) is 31.2 Å². The van der Waals surface area contributed by atoms with Crippen molar-refractivity contribution in [2.45, 2.75) is 58.8 Å². The van der Waals surface area contributed by atoms with Gasteiger partial charge >= 0.3 is 5.97 Å². The molecule has 0 aliphatic carbocycles. The maximum Gasteiger partial charge on any atom is 0.341 e. The van der Waals surface area contributed by atoms with Crippen LogP contribution < -0.4 is 5.73 Å². The summed E-state index contributed by atoms with van der Waals surface area (Å²) < 4.78 is 4.90. The second-order valence-electron chi connectivity index (χ2n) is 5.47. The molecular formula is C15H25NO2S. The summed E-state index contributed by atoms with van der Waals surface area (Å²) in [5.74, 6) is -0.312.